The van der Waals surface area contributed by atoms with Crippen molar-refractivity contribution in [3.8, 4) is 0 Å². The predicted molar refractivity (Wildman–Crippen MR) is 68.8 cm³/mol. The molecule has 2 atom stereocenters. The topological polar surface area (TPSA) is 77.2 Å². The average molecular weight is 273 g/mol. The lowest BCUT2D eigenvalue weighted by Crippen LogP contribution is -2.44. The molecular formula is C13H23NO5. The molecule has 6 nitrogen and oxygen atoms in total. The van der Waals surface area contributed by atoms with E-state index in [0.717, 1.165) is 19.4 Å². The van der Waals surface area contributed by atoms with Gasteiger partial charge in [0.2, 0.25) is 0 Å². The van der Waals surface area contributed by atoms with Gasteiger partial charge >= 0.3 is 12.1 Å². The van der Waals surface area contributed by atoms with Gasteiger partial charge in [-0.2, -0.15) is 0 Å². The number of nitrogens with one attached hydrogen (secondary N) is 1. The fraction of sp³-hybridized carbons (Fsp3) is 0.846. The fourth-order valence-electron chi connectivity index (χ4n) is 1.63. The second-order valence-corrected chi connectivity index (χ2v) is 5.61. The van der Waals surface area contributed by atoms with E-state index in [1.54, 1.807) is 20.8 Å². The van der Waals surface area contributed by atoms with Crippen LogP contribution in [0.5, 0.6) is 0 Å². The van der Waals surface area contributed by atoms with Crippen molar-refractivity contribution in [2.75, 3.05) is 13.7 Å². The van der Waals surface area contributed by atoms with Crippen LogP contribution in [0.2, 0.25) is 0 Å². The van der Waals surface area contributed by atoms with E-state index in [4.69, 9.17) is 9.47 Å². The zero-order valence-corrected chi connectivity index (χ0v) is 12.0. The second kappa shape index (κ2) is 6.75. The molecule has 1 aliphatic heterocycles. The summed E-state index contributed by atoms with van der Waals surface area (Å²) in [5.74, 6) is -0.456. The van der Waals surface area contributed by atoms with Crippen molar-refractivity contribution in [3.63, 3.8) is 0 Å². The maximum Gasteiger partial charge on any atom is 0.408 e. The standard InChI is InChI=1S/C13H23NO5/c1-13(2,3)19-12(16)14-10(11(15)17-4)7-5-6-9-8-18-9/h9-10H,5-8H2,1-4H3,(H,14,16). The highest BCUT2D eigenvalue weighted by atomic mass is 16.6. The van der Waals surface area contributed by atoms with Crippen molar-refractivity contribution in [1.29, 1.82) is 0 Å². The molecular weight excluding hydrogens is 250 g/mol. The Morgan fingerprint density at radius 1 is 1.42 bits per heavy atom. The Balaban J connectivity index is 2.38. The molecule has 1 rings (SSSR count). The van der Waals surface area contributed by atoms with E-state index in [-0.39, 0.29) is 0 Å². The molecule has 0 radical (unpaired) electrons. The summed E-state index contributed by atoms with van der Waals surface area (Å²) in [6, 6.07) is -0.668. The minimum atomic E-state index is -0.668. The van der Waals surface area contributed by atoms with Crippen molar-refractivity contribution in [1.82, 2.24) is 5.32 Å². The van der Waals surface area contributed by atoms with Crippen molar-refractivity contribution in [2.24, 2.45) is 0 Å². The van der Waals surface area contributed by atoms with Crippen molar-refractivity contribution in [2.45, 2.75) is 57.8 Å². The number of carbonyl (C=O) groups excluding carboxylic acids is 2. The normalized spacial score (nSPS) is 19.5. The van der Waals surface area contributed by atoms with Gasteiger partial charge in [0.25, 0.3) is 0 Å². The smallest absolute Gasteiger partial charge is 0.408 e. The lowest BCUT2D eigenvalue weighted by atomic mass is 10.1. The largest absolute Gasteiger partial charge is 0.467 e. The lowest BCUT2D eigenvalue weighted by Gasteiger charge is -2.22. The number of ether oxygens (including phenoxy) is 3. The quantitative estimate of drug-likeness (QED) is 0.588. The van der Waals surface area contributed by atoms with Gasteiger partial charge in [-0.1, -0.05) is 0 Å². The molecule has 0 aromatic carbocycles. The van der Waals surface area contributed by atoms with Gasteiger partial charge < -0.3 is 19.5 Å². The predicted octanol–water partition coefficient (Wildman–Crippen LogP) is 1.62. The van der Waals surface area contributed by atoms with Crippen LogP contribution in [-0.2, 0) is 19.0 Å². The molecule has 1 N–H and O–H groups in total. The Bertz CT molecular complexity index is 319. The van der Waals surface area contributed by atoms with E-state index in [1.165, 1.54) is 7.11 Å². The van der Waals surface area contributed by atoms with Crippen LogP contribution in [0.3, 0.4) is 0 Å². The van der Waals surface area contributed by atoms with E-state index >= 15 is 0 Å². The first-order chi connectivity index (χ1) is 8.81. The van der Waals surface area contributed by atoms with E-state index in [2.05, 4.69) is 10.1 Å². The van der Waals surface area contributed by atoms with Crippen LogP contribution < -0.4 is 5.32 Å². The number of esters is 1. The van der Waals surface area contributed by atoms with Crippen LogP contribution in [0, 0.1) is 0 Å². The van der Waals surface area contributed by atoms with E-state index in [1.807, 2.05) is 0 Å². The van der Waals surface area contributed by atoms with Gasteiger partial charge in [-0.05, 0) is 40.0 Å². The van der Waals surface area contributed by atoms with Crippen molar-refractivity contribution in [3.05, 3.63) is 0 Å². The summed E-state index contributed by atoms with van der Waals surface area (Å²) in [5.41, 5.74) is -0.591. The van der Waals surface area contributed by atoms with Crippen LogP contribution in [0.15, 0.2) is 0 Å². The third-order valence-electron chi connectivity index (χ3n) is 2.60. The first-order valence-corrected chi connectivity index (χ1v) is 6.51. The van der Waals surface area contributed by atoms with E-state index in [9.17, 15) is 9.59 Å². The molecule has 0 aromatic heterocycles. The highest BCUT2D eigenvalue weighted by Crippen LogP contribution is 2.17. The summed E-state index contributed by atoms with van der Waals surface area (Å²) in [6.07, 6.45) is 1.92. The Morgan fingerprint density at radius 2 is 2.05 bits per heavy atom. The number of methoxy groups -OCH3 is 1. The van der Waals surface area contributed by atoms with Gasteiger partial charge in [0, 0.05) is 0 Å². The SMILES string of the molecule is COC(=O)C(CCCC1CO1)NC(=O)OC(C)(C)C. The molecule has 2 unspecified atom stereocenters. The summed E-state index contributed by atoms with van der Waals surface area (Å²) in [6.45, 7) is 6.10. The Labute approximate surface area is 113 Å². The van der Waals surface area contributed by atoms with Gasteiger partial charge in [-0.25, -0.2) is 9.59 Å². The molecule has 6 heteroatoms. The van der Waals surface area contributed by atoms with Crippen molar-refractivity contribution >= 4 is 12.1 Å². The molecule has 1 fully saturated rings. The molecule has 110 valence electrons. The number of rotatable bonds is 6. The lowest BCUT2D eigenvalue weighted by molar-refractivity contribution is -0.143. The van der Waals surface area contributed by atoms with Gasteiger partial charge in [-0.15, -0.1) is 0 Å². The Hall–Kier alpha value is -1.30. The molecule has 1 heterocycles. The summed E-state index contributed by atoms with van der Waals surface area (Å²) in [5, 5.41) is 2.54. The Morgan fingerprint density at radius 3 is 2.53 bits per heavy atom. The maximum absolute atomic E-state index is 11.6. The van der Waals surface area contributed by atoms with Crippen LogP contribution in [-0.4, -0.2) is 43.5 Å². The van der Waals surface area contributed by atoms with Crippen molar-refractivity contribution < 1.29 is 23.8 Å². The first-order valence-electron chi connectivity index (χ1n) is 6.51. The summed E-state index contributed by atoms with van der Waals surface area (Å²) in [7, 11) is 1.30. The molecule has 1 saturated heterocycles. The number of amides is 1. The van der Waals surface area contributed by atoms with Gasteiger partial charge in [0.15, 0.2) is 0 Å². The first kappa shape index (κ1) is 15.8. The maximum atomic E-state index is 11.6. The van der Waals surface area contributed by atoms with E-state index in [0.29, 0.717) is 12.5 Å². The number of hydrogen-bond donors (Lipinski definition) is 1. The van der Waals surface area contributed by atoms with E-state index < -0.39 is 23.7 Å². The van der Waals surface area contributed by atoms with Crippen LogP contribution >= 0.6 is 0 Å². The number of hydrogen-bond acceptors (Lipinski definition) is 5. The van der Waals surface area contributed by atoms with Gasteiger partial charge in [-0.3, -0.25) is 0 Å². The molecule has 0 saturated carbocycles. The summed E-state index contributed by atoms with van der Waals surface area (Å²) >= 11 is 0. The second-order valence-electron chi connectivity index (χ2n) is 5.61. The van der Waals surface area contributed by atoms with Crippen LogP contribution in [0.4, 0.5) is 4.79 Å². The molecule has 1 aliphatic rings. The molecule has 0 aromatic rings. The average Bonchev–Trinajstić information content (AvgIpc) is 3.08. The highest BCUT2D eigenvalue weighted by Gasteiger charge is 2.27. The molecule has 0 bridgehead atoms. The number of alkyl carbamates (subject to hydrolysis) is 1. The van der Waals surface area contributed by atoms with Crippen LogP contribution in [0.25, 0.3) is 0 Å². The third-order valence-corrected chi connectivity index (χ3v) is 2.60. The monoisotopic (exact) mass is 273 g/mol. The summed E-state index contributed by atoms with van der Waals surface area (Å²) < 4.78 is 14.9. The zero-order chi connectivity index (χ0) is 14.5. The minimum absolute atomic E-state index is 0.319. The molecule has 1 amide bonds. The molecule has 19 heavy (non-hydrogen) atoms. The summed E-state index contributed by atoms with van der Waals surface area (Å²) in [4.78, 5) is 23.2. The number of carbonyl (C=O) groups is 2. The van der Waals surface area contributed by atoms with Crippen LogP contribution in [0.1, 0.15) is 40.0 Å². The zero-order valence-electron chi connectivity index (χ0n) is 12.0. The fourth-order valence-corrected chi connectivity index (χ4v) is 1.63. The molecule has 0 spiro atoms. The molecule has 0 aliphatic carbocycles. The Kier molecular flexibility index (Phi) is 5.60. The minimum Gasteiger partial charge on any atom is -0.467 e. The number of epoxide rings is 1. The van der Waals surface area contributed by atoms with Gasteiger partial charge in [0.05, 0.1) is 19.8 Å². The highest BCUT2D eigenvalue weighted by molar-refractivity contribution is 5.81. The third kappa shape index (κ3) is 7.00. The van der Waals surface area contributed by atoms with Gasteiger partial charge in [0.1, 0.15) is 11.6 Å².